The van der Waals surface area contributed by atoms with E-state index in [1.807, 2.05) is 19.1 Å². The van der Waals surface area contributed by atoms with Gasteiger partial charge in [-0.2, -0.15) is 0 Å². The Kier molecular flexibility index (Phi) is 40.0. The van der Waals surface area contributed by atoms with Crippen molar-refractivity contribution in [3.63, 3.8) is 0 Å². The topological polar surface area (TPSA) is 109 Å². The predicted octanol–water partition coefficient (Wildman–Crippen LogP) is 22.6. The van der Waals surface area contributed by atoms with Gasteiger partial charge in [-0.1, -0.05) is 151 Å². The first-order valence-electron chi connectivity index (χ1n) is 43.9. The van der Waals surface area contributed by atoms with Crippen LogP contribution in [0.15, 0.2) is 144 Å². The highest BCUT2D eigenvalue weighted by atomic mass is 19.1. The maximum absolute atomic E-state index is 13.4. The minimum Gasteiger partial charge on any atom is -0.491 e. The Bertz CT molecular complexity index is 3410. The van der Waals surface area contributed by atoms with E-state index in [1.54, 1.807) is 19.2 Å². The summed E-state index contributed by atoms with van der Waals surface area (Å²) in [6.07, 6.45) is 28.1. The fourth-order valence-electron chi connectivity index (χ4n) is 17.2. The summed E-state index contributed by atoms with van der Waals surface area (Å²) in [5.74, 6) is 4.29. The van der Waals surface area contributed by atoms with Crippen molar-refractivity contribution in [2.24, 2.45) is 11.8 Å². The van der Waals surface area contributed by atoms with Crippen molar-refractivity contribution in [2.45, 2.75) is 344 Å². The van der Waals surface area contributed by atoms with Gasteiger partial charge >= 0.3 is 0 Å². The van der Waals surface area contributed by atoms with E-state index in [4.69, 9.17) is 28.4 Å². The summed E-state index contributed by atoms with van der Waals surface area (Å²) in [5.41, 5.74) is 10.5. The monoisotopic (exact) mass is 1570 g/mol. The fraction of sp³-hybridized carbons (Fsp3) is 0.680. The third-order valence-electron chi connectivity index (χ3n) is 23.9. The quantitative estimate of drug-likeness (QED) is 0.0343. The third-order valence-corrected chi connectivity index (χ3v) is 23.9. The van der Waals surface area contributed by atoms with Gasteiger partial charge in [-0.05, 0) is 337 Å². The van der Waals surface area contributed by atoms with Crippen LogP contribution in [0, 0.1) is 17.7 Å². The lowest BCUT2D eigenvalue weighted by Gasteiger charge is -2.42. The second-order valence-electron chi connectivity index (χ2n) is 38.7. The van der Waals surface area contributed by atoms with Crippen molar-refractivity contribution in [1.29, 1.82) is 0 Å². The number of aliphatic hydroxyl groups is 2. The minimum absolute atomic E-state index is 0.00163. The zero-order valence-corrected chi connectivity index (χ0v) is 75.7. The van der Waals surface area contributed by atoms with Gasteiger partial charge in [-0.15, -0.1) is 0 Å². The number of ether oxygens (including phenoxy) is 6. The number of rotatable bonds is 34. The molecule has 12 nitrogen and oxygen atoms in total. The molecular formula is C100H161FN4O8. The molecule has 5 saturated heterocycles. The lowest BCUT2D eigenvalue weighted by atomic mass is 9.78. The Morgan fingerprint density at radius 3 is 1.04 bits per heavy atom. The Morgan fingerprint density at radius 2 is 0.752 bits per heavy atom. The van der Waals surface area contributed by atoms with Crippen LogP contribution in [0.1, 0.15) is 284 Å². The highest BCUT2D eigenvalue weighted by molar-refractivity contribution is 5.35. The van der Waals surface area contributed by atoms with Gasteiger partial charge in [-0.3, -0.25) is 19.6 Å². The van der Waals surface area contributed by atoms with Gasteiger partial charge in [0.2, 0.25) is 0 Å². The molecule has 0 aromatic heterocycles. The summed E-state index contributed by atoms with van der Waals surface area (Å²) in [5, 5.41) is 20.1. The number of aliphatic hydroxyl groups excluding tert-OH is 1. The maximum atomic E-state index is 13.4. The molecule has 0 radical (unpaired) electrons. The number of nitrogens with zero attached hydrogens (tertiary/aromatic N) is 4. The number of hydrogen-bond donors (Lipinski definition) is 2. The van der Waals surface area contributed by atoms with Crippen LogP contribution in [-0.2, 0) is 35.9 Å². The number of halogens is 1. The van der Waals surface area contributed by atoms with E-state index in [9.17, 15) is 14.6 Å². The molecule has 0 aliphatic carbocycles. The van der Waals surface area contributed by atoms with Gasteiger partial charge in [0.1, 0.15) is 23.1 Å². The van der Waals surface area contributed by atoms with E-state index in [2.05, 4.69) is 269 Å². The first-order valence-corrected chi connectivity index (χ1v) is 43.9. The van der Waals surface area contributed by atoms with Gasteiger partial charge in [-0.25, -0.2) is 4.39 Å². The zero-order valence-electron chi connectivity index (χ0n) is 75.7. The highest BCUT2D eigenvalue weighted by Crippen LogP contribution is 2.39. The van der Waals surface area contributed by atoms with Gasteiger partial charge in [0.25, 0.3) is 0 Å². The molecule has 5 atom stereocenters. The number of piperidine rings is 4. The van der Waals surface area contributed by atoms with Crippen LogP contribution in [0.3, 0.4) is 0 Å². The minimum atomic E-state index is -0.506. The summed E-state index contributed by atoms with van der Waals surface area (Å²) in [4.78, 5) is 10.5. The molecule has 0 saturated carbocycles. The van der Waals surface area contributed by atoms with E-state index in [0.717, 1.165) is 153 Å². The first-order chi connectivity index (χ1) is 53.2. The molecule has 113 heavy (non-hydrogen) atoms. The molecule has 5 unspecified atom stereocenters. The van der Waals surface area contributed by atoms with Crippen molar-refractivity contribution in [3.8, 4) is 17.2 Å². The second-order valence-corrected chi connectivity index (χ2v) is 38.7. The van der Waals surface area contributed by atoms with E-state index in [-0.39, 0.29) is 51.9 Å². The number of hydrogen-bond acceptors (Lipinski definition) is 12. The van der Waals surface area contributed by atoms with Gasteiger partial charge in [0, 0.05) is 77.3 Å². The summed E-state index contributed by atoms with van der Waals surface area (Å²) in [6.45, 7) is 62.5. The molecule has 13 heteroatoms. The first kappa shape index (κ1) is 96.6. The largest absolute Gasteiger partial charge is 0.491 e. The average molecular weight is 1570 g/mol. The Labute approximate surface area is 689 Å². The summed E-state index contributed by atoms with van der Waals surface area (Å²) < 4.78 is 47.4. The molecule has 5 heterocycles. The number of methoxy groups -OCH3 is 1. The van der Waals surface area contributed by atoms with Crippen LogP contribution in [0.2, 0.25) is 0 Å². The summed E-state index contributed by atoms with van der Waals surface area (Å²) >= 11 is 0. The van der Waals surface area contributed by atoms with Gasteiger partial charge < -0.3 is 38.6 Å². The van der Waals surface area contributed by atoms with Gasteiger partial charge in [0.15, 0.2) is 0 Å². The Morgan fingerprint density at radius 1 is 0.451 bits per heavy atom. The van der Waals surface area contributed by atoms with Gasteiger partial charge in [0.05, 0.1) is 42.7 Å². The van der Waals surface area contributed by atoms with E-state index < -0.39 is 5.60 Å². The molecule has 0 spiro atoms. The number of benzene rings is 4. The normalized spacial score (nSPS) is 19.2. The van der Waals surface area contributed by atoms with Crippen LogP contribution >= 0.6 is 0 Å². The Hall–Kier alpha value is -5.19. The van der Waals surface area contributed by atoms with Crippen LogP contribution in [0.4, 0.5) is 4.39 Å². The Balaban J connectivity index is 0.000000235. The molecule has 2 N–H and O–H groups in total. The predicted molar refractivity (Wildman–Crippen MR) is 474 cm³/mol. The van der Waals surface area contributed by atoms with Crippen LogP contribution in [0.25, 0.3) is 0 Å². The average Bonchev–Trinajstić information content (AvgIpc) is 0.965. The maximum Gasteiger partial charge on any atom is 0.123 e. The highest BCUT2D eigenvalue weighted by Gasteiger charge is 2.37. The fourth-order valence-corrected chi connectivity index (χ4v) is 17.2. The van der Waals surface area contributed by atoms with Crippen molar-refractivity contribution in [3.05, 3.63) is 172 Å². The van der Waals surface area contributed by atoms with E-state index in [0.29, 0.717) is 30.3 Å². The number of allylic oxidation sites excluding steroid dienone is 4. The molecule has 9 rings (SSSR count). The summed E-state index contributed by atoms with van der Waals surface area (Å²) in [6, 6.07) is 34.7. The van der Waals surface area contributed by atoms with Crippen molar-refractivity contribution >= 4 is 0 Å². The van der Waals surface area contributed by atoms with E-state index in [1.165, 1.54) is 103 Å². The zero-order chi connectivity index (χ0) is 83.3. The molecule has 5 aliphatic heterocycles. The smallest absolute Gasteiger partial charge is 0.123 e. The molecule has 0 amide bonds. The lowest BCUT2D eigenvalue weighted by molar-refractivity contribution is -0.0140. The van der Waals surface area contributed by atoms with Crippen LogP contribution in [0.5, 0.6) is 17.2 Å². The van der Waals surface area contributed by atoms with Crippen LogP contribution in [-0.4, -0.2) is 176 Å². The van der Waals surface area contributed by atoms with Crippen molar-refractivity contribution in [2.75, 3.05) is 85.9 Å². The molecule has 4 aromatic rings. The standard InChI is InChI=1S/C27H45NO2.C26H40FNO2.C24H39NO2.C23H37NO2/c1-21(2)19-25(28-16-14-23(15-17-28)9-8-18-29-7)20-27(5,6)24-10-12-26(13-11-24)30-22(3)4;1-20(2)17-24(18-26(3,4)22-5-7-23(27)8-6-22)28-13-9-21(10-14-28)11-16-30-25-12-15-29-19-25;1-18(2)16-21(25-14-12-24(7,26)13-15-25)17-23(5,6)20-8-10-22(11-9-20)27-19(3)4;1-17(2)15-20(24-13-11-21(25)12-14-24)16-23(5,6)19-7-9-22(10-8-19)26-18(3)4/h10-13,19,22-23,25H,8-9,14-18,20H2,1-7H3;5-8,17,21,24-25H,9-16,18-19H2,1-4H3;8-11,16,19,21,26H,12-15,17H2,1-7H3;7-10,15,18,20-21,25H,11-14,16H2,1-6H3. The van der Waals surface area contributed by atoms with Crippen molar-refractivity contribution in [1.82, 2.24) is 19.6 Å². The van der Waals surface area contributed by atoms with Crippen LogP contribution < -0.4 is 14.2 Å². The number of likely N-dealkylation sites (tertiary alicyclic amines) is 4. The van der Waals surface area contributed by atoms with E-state index >= 15 is 0 Å². The molecule has 0 bridgehead atoms. The lowest BCUT2D eigenvalue weighted by Crippen LogP contribution is -2.48. The molecule has 4 aromatic carbocycles. The molecule has 5 aliphatic rings. The molecule has 5 fully saturated rings. The molecular weight excluding hydrogens is 1400 g/mol. The summed E-state index contributed by atoms with van der Waals surface area (Å²) in [7, 11) is 1.80. The SMILES string of the molecule is CC(C)=CC(CC(C)(C)c1ccc(F)cc1)N1CCC(CCOC2CCOC2)CC1.CC(C)=CC(CC(C)(C)c1ccc(OC(C)C)cc1)N1CCC(C)(O)CC1.CC(C)=CC(CC(C)(C)c1ccc(OC(C)C)cc1)N1CCC(O)CC1.COCCCC1CCN(C(C=C(C)C)CC(C)(C)c2ccc(OC(C)C)cc2)CC1. The third kappa shape index (κ3) is 35.1. The second kappa shape index (κ2) is 46.8. The van der Waals surface area contributed by atoms with Crippen molar-refractivity contribution < 1.29 is 43.0 Å². The molecule has 636 valence electrons.